The van der Waals surface area contributed by atoms with E-state index >= 15 is 0 Å². The molecule has 3 aromatic carbocycles. The molecule has 1 amide bonds. The molecule has 0 saturated carbocycles. The SMILES string of the molecule is [2H][C@H]1O[C@H](COCc2ccccc2)[C@H](OCc2ccccc2)[C@H](OCc2ccccc2)[C@H]1NC(C)=O. The molecule has 6 heteroatoms. The van der Waals surface area contributed by atoms with Crippen molar-refractivity contribution in [2.24, 2.45) is 0 Å². The van der Waals surface area contributed by atoms with Crippen LogP contribution in [0.1, 0.15) is 25.0 Å². The number of ether oxygens (including phenoxy) is 4. The average Bonchev–Trinajstić information content (AvgIpc) is 2.90. The van der Waals surface area contributed by atoms with Crippen molar-refractivity contribution in [3.8, 4) is 0 Å². The fraction of sp³-hybridized carbons (Fsp3) is 0.345. The van der Waals surface area contributed by atoms with Crippen LogP contribution in [0.4, 0.5) is 0 Å². The maximum atomic E-state index is 12.0. The van der Waals surface area contributed by atoms with E-state index in [1.54, 1.807) is 0 Å². The van der Waals surface area contributed by atoms with Gasteiger partial charge in [0, 0.05) is 6.92 Å². The molecular formula is C29H33NO5. The fourth-order valence-corrected chi connectivity index (χ4v) is 4.04. The molecule has 1 saturated heterocycles. The number of hydrogen-bond donors (Lipinski definition) is 1. The van der Waals surface area contributed by atoms with Gasteiger partial charge in [0.1, 0.15) is 18.3 Å². The monoisotopic (exact) mass is 476 g/mol. The Morgan fingerprint density at radius 1 is 0.829 bits per heavy atom. The molecule has 4 rings (SSSR count). The first kappa shape index (κ1) is 23.7. The van der Waals surface area contributed by atoms with E-state index in [2.05, 4.69) is 5.32 Å². The van der Waals surface area contributed by atoms with E-state index in [1.807, 2.05) is 91.0 Å². The summed E-state index contributed by atoms with van der Waals surface area (Å²) in [6.07, 6.45) is -1.73. The number of carbonyl (C=O) groups excluding carboxylic acids is 1. The van der Waals surface area contributed by atoms with Gasteiger partial charge in [-0.1, -0.05) is 91.0 Å². The topological polar surface area (TPSA) is 66.0 Å². The summed E-state index contributed by atoms with van der Waals surface area (Å²) in [4.78, 5) is 12.0. The molecule has 1 N–H and O–H groups in total. The van der Waals surface area contributed by atoms with E-state index < -0.39 is 30.9 Å². The lowest BCUT2D eigenvalue weighted by Crippen LogP contribution is -2.61. The van der Waals surface area contributed by atoms with Crippen molar-refractivity contribution in [1.82, 2.24) is 5.32 Å². The zero-order chi connectivity index (χ0) is 25.2. The lowest BCUT2D eigenvalue weighted by Gasteiger charge is -2.42. The Labute approximate surface area is 208 Å². The summed E-state index contributed by atoms with van der Waals surface area (Å²) in [7, 11) is 0. The van der Waals surface area contributed by atoms with Crippen molar-refractivity contribution in [2.75, 3.05) is 13.2 Å². The molecule has 0 spiro atoms. The van der Waals surface area contributed by atoms with Crippen LogP contribution in [-0.2, 0) is 43.6 Å². The van der Waals surface area contributed by atoms with E-state index in [0.29, 0.717) is 19.8 Å². The lowest BCUT2D eigenvalue weighted by molar-refractivity contribution is -0.208. The van der Waals surface area contributed by atoms with Gasteiger partial charge in [-0.3, -0.25) is 4.79 Å². The Balaban J connectivity index is 1.53. The smallest absolute Gasteiger partial charge is 0.217 e. The van der Waals surface area contributed by atoms with Crippen LogP contribution < -0.4 is 5.32 Å². The molecule has 5 atom stereocenters. The van der Waals surface area contributed by atoms with Gasteiger partial charge in [0.05, 0.1) is 40.4 Å². The molecule has 0 bridgehead atoms. The highest BCUT2D eigenvalue weighted by molar-refractivity contribution is 5.73. The van der Waals surface area contributed by atoms with Crippen LogP contribution in [0, 0.1) is 0 Å². The summed E-state index contributed by atoms with van der Waals surface area (Å²) >= 11 is 0. The van der Waals surface area contributed by atoms with E-state index in [0.717, 1.165) is 16.7 Å². The normalized spacial score (nSPS) is 24.5. The van der Waals surface area contributed by atoms with Gasteiger partial charge >= 0.3 is 0 Å². The molecule has 0 unspecified atom stereocenters. The van der Waals surface area contributed by atoms with E-state index in [1.165, 1.54) is 6.92 Å². The highest BCUT2D eigenvalue weighted by atomic mass is 16.6. The second-order valence-corrected chi connectivity index (χ2v) is 8.56. The van der Waals surface area contributed by atoms with Gasteiger partial charge < -0.3 is 24.3 Å². The molecule has 3 aromatic rings. The van der Waals surface area contributed by atoms with Crippen LogP contribution in [0.5, 0.6) is 0 Å². The molecule has 6 nitrogen and oxygen atoms in total. The minimum absolute atomic E-state index is 0.224. The molecule has 184 valence electrons. The Bertz CT molecular complexity index is 1050. The number of nitrogens with one attached hydrogen (secondary N) is 1. The van der Waals surface area contributed by atoms with Gasteiger partial charge in [-0.25, -0.2) is 0 Å². The summed E-state index contributed by atoms with van der Waals surface area (Å²) in [6, 6.07) is 28.8. The third kappa shape index (κ3) is 7.73. The number of benzene rings is 3. The minimum atomic E-state index is -1.03. The van der Waals surface area contributed by atoms with E-state index in [4.69, 9.17) is 20.3 Å². The summed E-state index contributed by atoms with van der Waals surface area (Å²) in [6.45, 7) is 1.69. The van der Waals surface area contributed by atoms with Crippen LogP contribution in [-0.4, -0.2) is 43.5 Å². The summed E-state index contributed by atoms with van der Waals surface area (Å²) in [5.41, 5.74) is 3.05. The number of hydrogen-bond acceptors (Lipinski definition) is 5. The highest BCUT2D eigenvalue weighted by Gasteiger charge is 2.42. The first-order chi connectivity index (χ1) is 17.6. The number of rotatable bonds is 11. The van der Waals surface area contributed by atoms with E-state index in [9.17, 15) is 4.79 Å². The third-order valence-corrected chi connectivity index (χ3v) is 5.78. The van der Waals surface area contributed by atoms with Gasteiger partial charge in [0.15, 0.2) is 0 Å². The molecule has 0 aromatic heterocycles. The summed E-state index contributed by atoms with van der Waals surface area (Å²) < 4.78 is 33.4. The zero-order valence-electron chi connectivity index (χ0n) is 20.9. The summed E-state index contributed by atoms with van der Waals surface area (Å²) in [5.74, 6) is -0.255. The van der Waals surface area contributed by atoms with Crippen LogP contribution in [0.15, 0.2) is 91.0 Å². The second kappa shape index (κ2) is 13.2. The Hall–Kier alpha value is -3.03. The predicted molar refractivity (Wildman–Crippen MR) is 133 cm³/mol. The van der Waals surface area contributed by atoms with Crippen molar-refractivity contribution < 1.29 is 25.1 Å². The van der Waals surface area contributed by atoms with Gasteiger partial charge in [-0.2, -0.15) is 0 Å². The minimum Gasteiger partial charge on any atom is -0.374 e. The molecule has 0 aliphatic carbocycles. The Morgan fingerprint density at radius 3 is 1.83 bits per heavy atom. The summed E-state index contributed by atoms with van der Waals surface area (Å²) in [5, 5.41) is 2.85. The van der Waals surface area contributed by atoms with Crippen molar-refractivity contribution in [3.63, 3.8) is 0 Å². The molecule has 35 heavy (non-hydrogen) atoms. The highest BCUT2D eigenvalue weighted by Crippen LogP contribution is 2.25. The van der Waals surface area contributed by atoms with Crippen LogP contribution in [0.25, 0.3) is 0 Å². The van der Waals surface area contributed by atoms with E-state index in [-0.39, 0.29) is 12.5 Å². The van der Waals surface area contributed by atoms with Crippen molar-refractivity contribution in [2.45, 2.75) is 51.1 Å². The maximum Gasteiger partial charge on any atom is 0.217 e. The third-order valence-electron chi connectivity index (χ3n) is 5.78. The van der Waals surface area contributed by atoms with Crippen LogP contribution >= 0.6 is 0 Å². The predicted octanol–water partition coefficient (Wildman–Crippen LogP) is 4.28. The Kier molecular flexibility index (Phi) is 8.91. The fourth-order valence-electron chi connectivity index (χ4n) is 4.04. The van der Waals surface area contributed by atoms with Crippen LogP contribution in [0.2, 0.25) is 0 Å². The lowest BCUT2D eigenvalue weighted by atomic mass is 9.97. The van der Waals surface area contributed by atoms with Gasteiger partial charge in [-0.15, -0.1) is 0 Å². The van der Waals surface area contributed by atoms with Crippen molar-refractivity contribution in [1.29, 1.82) is 0 Å². The van der Waals surface area contributed by atoms with Gasteiger partial charge in [0.25, 0.3) is 0 Å². The maximum absolute atomic E-state index is 12.0. The molecule has 1 aliphatic heterocycles. The second-order valence-electron chi connectivity index (χ2n) is 8.56. The average molecular weight is 477 g/mol. The molecule has 1 fully saturated rings. The molecule has 1 heterocycles. The molecule has 0 radical (unpaired) electrons. The molecular weight excluding hydrogens is 442 g/mol. The number of amides is 1. The quantitative estimate of drug-likeness (QED) is 0.448. The van der Waals surface area contributed by atoms with Crippen molar-refractivity contribution in [3.05, 3.63) is 108 Å². The Morgan fingerprint density at radius 2 is 1.31 bits per heavy atom. The van der Waals surface area contributed by atoms with Crippen molar-refractivity contribution >= 4 is 5.91 Å². The van der Waals surface area contributed by atoms with Gasteiger partial charge in [-0.05, 0) is 16.7 Å². The number of carbonyl (C=O) groups is 1. The largest absolute Gasteiger partial charge is 0.374 e. The standard InChI is InChI=1S/C29H33NO5/c1-22(31)30-26-20-33-27(21-32-17-23-11-5-2-6-12-23)29(35-19-25-15-9-4-10-16-25)28(26)34-18-24-13-7-3-8-14-24/h2-16,26-29H,17-21H2,1H3,(H,30,31)/t26-,27+,28+,29-/m0/s1/i20D/t20-,26+,27-,28-,29+/m1. The first-order valence-electron chi connectivity index (χ1n) is 12.5. The van der Waals surface area contributed by atoms with Gasteiger partial charge in [0.2, 0.25) is 5.91 Å². The zero-order valence-corrected chi connectivity index (χ0v) is 19.9. The van der Waals surface area contributed by atoms with Crippen LogP contribution in [0.3, 0.4) is 0 Å². The first-order valence-corrected chi connectivity index (χ1v) is 11.9. The molecule has 1 aliphatic rings.